The number of ether oxygens (including phenoxy) is 3. The predicted octanol–water partition coefficient (Wildman–Crippen LogP) is 4.57. The van der Waals surface area contributed by atoms with E-state index in [9.17, 15) is 0 Å². The standard InChI is InChI=1S/C21H28O3S/c1-2-4-16(5-3-1)21(22-12-14-6-8-17-18(10-14)24-17)23-13-15-7-9-19-20(11-15)25-19/h1-5,14-15,17-21H,6-13H2. The van der Waals surface area contributed by atoms with E-state index in [4.69, 9.17) is 14.2 Å². The van der Waals surface area contributed by atoms with E-state index in [-0.39, 0.29) is 6.29 Å². The second-order valence-corrected chi connectivity index (χ2v) is 9.68. The topological polar surface area (TPSA) is 31.0 Å². The third kappa shape index (κ3) is 4.08. The van der Waals surface area contributed by atoms with Crippen molar-refractivity contribution in [3.8, 4) is 0 Å². The maximum atomic E-state index is 6.30. The molecule has 2 aliphatic carbocycles. The van der Waals surface area contributed by atoms with Gasteiger partial charge in [-0.05, 0) is 50.4 Å². The van der Waals surface area contributed by atoms with Gasteiger partial charge in [-0.25, -0.2) is 0 Å². The lowest BCUT2D eigenvalue weighted by Crippen LogP contribution is -2.23. The summed E-state index contributed by atoms with van der Waals surface area (Å²) in [5.74, 6) is 1.33. The fraction of sp³-hybridized carbons (Fsp3) is 0.714. The first-order valence-corrected chi connectivity index (χ1v) is 10.9. The highest BCUT2D eigenvalue weighted by molar-refractivity contribution is 8.07. The zero-order chi connectivity index (χ0) is 16.6. The second kappa shape index (κ2) is 7.22. The van der Waals surface area contributed by atoms with E-state index in [1.165, 1.54) is 32.1 Å². The summed E-state index contributed by atoms with van der Waals surface area (Å²) in [6, 6.07) is 10.4. The molecule has 2 saturated carbocycles. The van der Waals surface area contributed by atoms with Gasteiger partial charge in [0.05, 0.1) is 25.4 Å². The van der Waals surface area contributed by atoms with Gasteiger partial charge in [-0.15, -0.1) is 0 Å². The lowest BCUT2D eigenvalue weighted by atomic mass is 9.90. The molecule has 0 N–H and O–H groups in total. The van der Waals surface area contributed by atoms with Gasteiger partial charge >= 0.3 is 0 Å². The first kappa shape index (κ1) is 16.6. The van der Waals surface area contributed by atoms with Crippen molar-refractivity contribution in [2.24, 2.45) is 11.8 Å². The van der Waals surface area contributed by atoms with Gasteiger partial charge < -0.3 is 14.2 Å². The Labute approximate surface area is 154 Å². The van der Waals surface area contributed by atoms with Crippen LogP contribution in [0.25, 0.3) is 0 Å². The highest BCUT2D eigenvalue weighted by Gasteiger charge is 2.44. The van der Waals surface area contributed by atoms with Crippen molar-refractivity contribution >= 4 is 11.8 Å². The predicted molar refractivity (Wildman–Crippen MR) is 99.6 cm³/mol. The number of hydrogen-bond donors (Lipinski definition) is 0. The molecule has 1 aromatic rings. The maximum Gasteiger partial charge on any atom is 0.183 e. The van der Waals surface area contributed by atoms with Crippen molar-refractivity contribution in [2.45, 2.75) is 67.5 Å². The van der Waals surface area contributed by atoms with Crippen LogP contribution < -0.4 is 0 Å². The molecule has 0 amide bonds. The molecule has 2 heterocycles. The number of hydrogen-bond acceptors (Lipinski definition) is 4. The van der Waals surface area contributed by atoms with Crippen LogP contribution in [-0.2, 0) is 14.2 Å². The monoisotopic (exact) mass is 360 g/mol. The van der Waals surface area contributed by atoms with Crippen molar-refractivity contribution < 1.29 is 14.2 Å². The van der Waals surface area contributed by atoms with Crippen LogP contribution in [0.2, 0.25) is 0 Å². The lowest BCUT2D eigenvalue weighted by Gasteiger charge is -2.26. The number of epoxide rings is 1. The van der Waals surface area contributed by atoms with Crippen LogP contribution in [0.15, 0.2) is 30.3 Å². The van der Waals surface area contributed by atoms with Crippen LogP contribution in [0.5, 0.6) is 0 Å². The van der Waals surface area contributed by atoms with Crippen LogP contribution in [0.4, 0.5) is 0 Å². The van der Waals surface area contributed by atoms with Gasteiger partial charge in [0.25, 0.3) is 0 Å². The van der Waals surface area contributed by atoms with Gasteiger partial charge in [-0.2, -0.15) is 11.8 Å². The summed E-state index contributed by atoms with van der Waals surface area (Å²) in [5, 5.41) is 1.89. The summed E-state index contributed by atoms with van der Waals surface area (Å²) < 4.78 is 18.2. The van der Waals surface area contributed by atoms with Crippen molar-refractivity contribution in [3.05, 3.63) is 35.9 Å². The van der Waals surface area contributed by atoms with E-state index in [1.807, 2.05) is 0 Å². The molecule has 3 nitrogen and oxygen atoms in total. The third-order valence-electron chi connectivity index (χ3n) is 6.26. The van der Waals surface area contributed by atoms with Crippen LogP contribution in [0.3, 0.4) is 0 Å². The molecule has 7 unspecified atom stereocenters. The Bertz CT molecular complexity index is 548. The second-order valence-electron chi connectivity index (χ2n) is 8.19. The molecule has 7 atom stereocenters. The van der Waals surface area contributed by atoms with E-state index in [2.05, 4.69) is 42.1 Å². The molecule has 4 aliphatic rings. The average molecular weight is 361 g/mol. The molecular weight excluding hydrogens is 332 g/mol. The summed E-state index contributed by atoms with van der Waals surface area (Å²) in [4.78, 5) is 0. The van der Waals surface area contributed by atoms with E-state index < -0.39 is 0 Å². The van der Waals surface area contributed by atoms with E-state index >= 15 is 0 Å². The smallest absolute Gasteiger partial charge is 0.183 e. The minimum atomic E-state index is -0.219. The van der Waals surface area contributed by atoms with Gasteiger partial charge in [-0.1, -0.05) is 30.3 Å². The quantitative estimate of drug-likeness (QED) is 0.526. The largest absolute Gasteiger partial charge is 0.370 e. The Kier molecular flexibility index (Phi) is 4.80. The number of rotatable bonds is 7. The Balaban J connectivity index is 1.16. The SMILES string of the molecule is c1ccc(C(OCC2CCC3OC3C2)OCC2CCC3SC3C2)cc1. The van der Waals surface area contributed by atoms with Crippen molar-refractivity contribution in [2.75, 3.05) is 13.2 Å². The molecule has 0 bridgehead atoms. The van der Waals surface area contributed by atoms with E-state index in [1.54, 1.807) is 0 Å². The van der Waals surface area contributed by atoms with Crippen LogP contribution in [0, 0.1) is 11.8 Å². The Morgan fingerprint density at radius 1 is 0.880 bits per heavy atom. The van der Waals surface area contributed by atoms with Crippen molar-refractivity contribution in [3.63, 3.8) is 0 Å². The normalized spacial score (nSPS) is 40.0. The zero-order valence-corrected chi connectivity index (χ0v) is 15.5. The third-order valence-corrected chi connectivity index (χ3v) is 7.73. The molecule has 2 aliphatic heterocycles. The van der Waals surface area contributed by atoms with Crippen molar-refractivity contribution in [1.29, 1.82) is 0 Å². The number of benzene rings is 1. The maximum absolute atomic E-state index is 6.30. The Morgan fingerprint density at radius 3 is 2.40 bits per heavy atom. The molecule has 2 saturated heterocycles. The molecule has 5 rings (SSSR count). The van der Waals surface area contributed by atoms with Gasteiger partial charge in [0, 0.05) is 16.1 Å². The Morgan fingerprint density at radius 2 is 1.64 bits per heavy atom. The minimum Gasteiger partial charge on any atom is -0.370 e. The molecule has 0 spiro atoms. The highest BCUT2D eigenvalue weighted by Crippen LogP contribution is 2.52. The number of thioether (sulfide) groups is 1. The average Bonchev–Trinajstić information content (AvgIpc) is 3.56. The molecule has 0 aromatic heterocycles. The lowest BCUT2D eigenvalue weighted by molar-refractivity contribution is -0.164. The molecular formula is C21H28O3S. The van der Waals surface area contributed by atoms with E-state index in [0.29, 0.717) is 24.0 Å². The highest BCUT2D eigenvalue weighted by atomic mass is 32.2. The molecule has 25 heavy (non-hydrogen) atoms. The first-order valence-electron chi connectivity index (χ1n) is 9.94. The molecule has 1 aromatic carbocycles. The zero-order valence-electron chi connectivity index (χ0n) is 14.7. The molecule has 0 radical (unpaired) electrons. The van der Waals surface area contributed by atoms with Crippen LogP contribution >= 0.6 is 11.8 Å². The van der Waals surface area contributed by atoms with E-state index in [0.717, 1.165) is 35.7 Å². The van der Waals surface area contributed by atoms with Gasteiger partial charge in [0.1, 0.15) is 0 Å². The Hall–Kier alpha value is -0.550. The van der Waals surface area contributed by atoms with Gasteiger partial charge in [-0.3, -0.25) is 0 Å². The summed E-state index contributed by atoms with van der Waals surface area (Å²) in [6.45, 7) is 1.62. The summed E-state index contributed by atoms with van der Waals surface area (Å²) >= 11 is 2.17. The summed E-state index contributed by atoms with van der Waals surface area (Å²) in [6.07, 6.45) is 8.49. The minimum absolute atomic E-state index is 0.219. The molecule has 136 valence electrons. The first-order chi connectivity index (χ1) is 12.3. The number of fused-ring (bicyclic) bond motifs is 2. The molecule has 4 heteroatoms. The van der Waals surface area contributed by atoms with Gasteiger partial charge in [0.2, 0.25) is 0 Å². The molecule has 4 fully saturated rings. The van der Waals surface area contributed by atoms with Crippen LogP contribution in [0.1, 0.15) is 50.4 Å². The van der Waals surface area contributed by atoms with Gasteiger partial charge in [0.15, 0.2) is 6.29 Å². The van der Waals surface area contributed by atoms with Crippen LogP contribution in [-0.4, -0.2) is 35.9 Å². The fourth-order valence-electron chi connectivity index (χ4n) is 4.57. The fourth-order valence-corrected chi connectivity index (χ4v) is 5.83. The summed E-state index contributed by atoms with van der Waals surface area (Å²) in [7, 11) is 0. The van der Waals surface area contributed by atoms with Crippen molar-refractivity contribution in [1.82, 2.24) is 0 Å². The summed E-state index contributed by atoms with van der Waals surface area (Å²) in [5.41, 5.74) is 1.15.